The van der Waals surface area contributed by atoms with E-state index in [2.05, 4.69) is 22.6 Å². The molecule has 21 heavy (non-hydrogen) atoms. The van der Waals surface area contributed by atoms with Gasteiger partial charge in [0.2, 0.25) is 0 Å². The molecule has 6 heteroatoms. The number of hydrogen-bond acceptors (Lipinski definition) is 5. The van der Waals surface area contributed by atoms with Gasteiger partial charge >= 0.3 is 0 Å². The Hall–Kier alpha value is -1.27. The van der Waals surface area contributed by atoms with Gasteiger partial charge in [0.15, 0.2) is 0 Å². The van der Waals surface area contributed by atoms with Gasteiger partial charge in [0.1, 0.15) is 4.88 Å². The van der Waals surface area contributed by atoms with Crippen molar-refractivity contribution in [2.24, 2.45) is 0 Å². The fraction of sp³-hybridized carbons (Fsp3) is 0.667. The van der Waals surface area contributed by atoms with Crippen LogP contribution in [-0.2, 0) is 0 Å². The molecule has 2 saturated heterocycles. The van der Waals surface area contributed by atoms with Crippen molar-refractivity contribution >= 4 is 27.9 Å². The highest BCUT2D eigenvalue weighted by molar-refractivity contribution is 7.18. The fourth-order valence-corrected chi connectivity index (χ4v) is 4.71. The van der Waals surface area contributed by atoms with Crippen LogP contribution in [0.4, 0.5) is 10.7 Å². The molecule has 0 radical (unpaired) electrons. The van der Waals surface area contributed by atoms with Crippen LogP contribution in [0.15, 0.2) is 6.07 Å². The molecule has 1 amide bonds. The Morgan fingerprint density at radius 3 is 2.67 bits per heavy atom. The molecule has 116 valence electrons. The van der Waals surface area contributed by atoms with Gasteiger partial charge in [0.25, 0.3) is 5.91 Å². The van der Waals surface area contributed by atoms with Gasteiger partial charge in [0.05, 0.1) is 10.7 Å². The molecular formula is C15H24N4OS. The van der Waals surface area contributed by atoms with Crippen LogP contribution in [0.5, 0.6) is 0 Å². The highest BCUT2D eigenvalue weighted by Crippen LogP contribution is 2.36. The van der Waals surface area contributed by atoms with E-state index in [4.69, 9.17) is 5.73 Å². The Kier molecular flexibility index (Phi) is 4.08. The van der Waals surface area contributed by atoms with E-state index in [1.807, 2.05) is 6.07 Å². The number of carbonyl (C=O) groups is 1. The fourth-order valence-electron chi connectivity index (χ4n) is 3.70. The lowest BCUT2D eigenvalue weighted by Gasteiger charge is -2.47. The van der Waals surface area contributed by atoms with Crippen molar-refractivity contribution in [3.8, 4) is 0 Å². The quantitative estimate of drug-likeness (QED) is 0.800. The first-order chi connectivity index (χ1) is 10.1. The number of thiophene rings is 1. The highest BCUT2D eigenvalue weighted by Gasteiger charge is 2.36. The molecule has 2 aliphatic rings. The second-order valence-electron chi connectivity index (χ2n) is 6.19. The van der Waals surface area contributed by atoms with Crippen LogP contribution in [0.1, 0.15) is 41.8 Å². The second-order valence-corrected chi connectivity index (χ2v) is 7.24. The standard InChI is InChI=1S/C15H24N4OS/c1-17-15(20)14-12(16)8-13(21-14)18-9-6-10-4-3-5-11(7-9)19(10)2/h8-11,18H,3-7,16H2,1-2H3,(H,17,20). The third-order valence-electron chi connectivity index (χ3n) is 4.88. The summed E-state index contributed by atoms with van der Waals surface area (Å²) in [5, 5.41) is 7.25. The van der Waals surface area contributed by atoms with Crippen LogP contribution >= 0.6 is 11.3 Å². The van der Waals surface area contributed by atoms with Gasteiger partial charge in [-0.05, 0) is 38.8 Å². The predicted octanol–water partition coefficient (Wildman–Crippen LogP) is 2.12. The van der Waals surface area contributed by atoms with Gasteiger partial charge in [-0.15, -0.1) is 11.3 Å². The highest BCUT2D eigenvalue weighted by atomic mass is 32.1. The summed E-state index contributed by atoms with van der Waals surface area (Å²) in [6.07, 6.45) is 6.34. The molecule has 1 aromatic heterocycles. The SMILES string of the molecule is CNC(=O)c1sc(NC2CC3CCCC(C2)N3C)cc1N. The van der Waals surface area contributed by atoms with E-state index >= 15 is 0 Å². The van der Waals surface area contributed by atoms with Gasteiger partial charge < -0.3 is 21.3 Å². The number of fused-ring (bicyclic) bond motifs is 2. The summed E-state index contributed by atoms with van der Waals surface area (Å²) >= 11 is 1.45. The topological polar surface area (TPSA) is 70.4 Å². The average Bonchev–Trinajstić information content (AvgIpc) is 2.80. The molecule has 2 atom stereocenters. The maximum atomic E-state index is 11.7. The molecule has 2 aliphatic heterocycles. The minimum Gasteiger partial charge on any atom is -0.397 e. The molecule has 0 aliphatic carbocycles. The first kappa shape index (κ1) is 14.7. The molecule has 3 heterocycles. The van der Waals surface area contributed by atoms with Crippen molar-refractivity contribution in [3.63, 3.8) is 0 Å². The predicted molar refractivity (Wildman–Crippen MR) is 88.0 cm³/mol. The van der Waals surface area contributed by atoms with Gasteiger partial charge in [-0.25, -0.2) is 0 Å². The molecule has 0 spiro atoms. The summed E-state index contributed by atoms with van der Waals surface area (Å²) in [6.45, 7) is 0. The van der Waals surface area contributed by atoms with E-state index in [9.17, 15) is 4.79 Å². The first-order valence-corrected chi connectivity index (χ1v) is 8.50. The molecule has 4 N–H and O–H groups in total. The van der Waals surface area contributed by atoms with Gasteiger partial charge in [-0.3, -0.25) is 4.79 Å². The van der Waals surface area contributed by atoms with Gasteiger partial charge in [-0.2, -0.15) is 0 Å². The molecule has 0 aromatic carbocycles. The van der Waals surface area contributed by atoms with Gasteiger partial charge in [0, 0.05) is 25.2 Å². The minimum absolute atomic E-state index is 0.106. The summed E-state index contributed by atoms with van der Waals surface area (Å²) in [5.74, 6) is -0.106. The number of amides is 1. The van der Waals surface area contributed by atoms with Crippen molar-refractivity contribution in [1.82, 2.24) is 10.2 Å². The molecule has 2 fully saturated rings. The zero-order chi connectivity index (χ0) is 15.0. The average molecular weight is 308 g/mol. The summed E-state index contributed by atoms with van der Waals surface area (Å²) in [5.41, 5.74) is 6.50. The normalized spacial score (nSPS) is 29.1. The number of hydrogen-bond donors (Lipinski definition) is 3. The van der Waals surface area contributed by atoms with Crippen molar-refractivity contribution in [1.29, 1.82) is 0 Å². The van der Waals surface area contributed by atoms with E-state index in [0.29, 0.717) is 28.7 Å². The van der Waals surface area contributed by atoms with Gasteiger partial charge in [-0.1, -0.05) is 6.42 Å². The lowest BCUT2D eigenvalue weighted by atomic mass is 9.82. The number of carbonyl (C=O) groups excluding carboxylic acids is 1. The molecule has 2 unspecified atom stereocenters. The Morgan fingerprint density at radius 2 is 2.05 bits per heavy atom. The van der Waals surface area contributed by atoms with Crippen molar-refractivity contribution in [2.45, 2.75) is 50.2 Å². The second kappa shape index (κ2) is 5.85. The van der Waals surface area contributed by atoms with Crippen LogP contribution in [-0.4, -0.2) is 43.0 Å². The maximum Gasteiger partial charge on any atom is 0.263 e. The van der Waals surface area contributed by atoms with Crippen LogP contribution < -0.4 is 16.4 Å². The van der Waals surface area contributed by atoms with Crippen LogP contribution in [0, 0.1) is 0 Å². The Morgan fingerprint density at radius 1 is 1.38 bits per heavy atom. The van der Waals surface area contributed by atoms with Crippen molar-refractivity contribution in [3.05, 3.63) is 10.9 Å². The minimum atomic E-state index is -0.106. The van der Waals surface area contributed by atoms with E-state index < -0.39 is 0 Å². The summed E-state index contributed by atoms with van der Waals surface area (Å²) in [6, 6.07) is 3.78. The number of rotatable bonds is 3. The van der Waals surface area contributed by atoms with Crippen molar-refractivity contribution < 1.29 is 4.79 Å². The molecule has 0 saturated carbocycles. The Balaban J connectivity index is 1.68. The number of nitrogens with two attached hydrogens (primary N) is 1. The molecule has 2 bridgehead atoms. The largest absolute Gasteiger partial charge is 0.397 e. The van der Waals surface area contributed by atoms with E-state index in [-0.39, 0.29) is 5.91 Å². The number of nitrogens with zero attached hydrogens (tertiary/aromatic N) is 1. The number of piperidine rings is 2. The number of anilines is 2. The smallest absolute Gasteiger partial charge is 0.263 e. The molecule has 5 nitrogen and oxygen atoms in total. The summed E-state index contributed by atoms with van der Waals surface area (Å²) < 4.78 is 0. The van der Waals surface area contributed by atoms with Crippen molar-refractivity contribution in [2.75, 3.05) is 25.1 Å². The Labute approximate surface area is 129 Å². The lowest BCUT2D eigenvalue weighted by molar-refractivity contribution is 0.0609. The van der Waals surface area contributed by atoms with E-state index in [1.165, 1.54) is 43.4 Å². The zero-order valence-corrected chi connectivity index (χ0v) is 13.5. The zero-order valence-electron chi connectivity index (χ0n) is 12.7. The third kappa shape index (κ3) is 2.87. The summed E-state index contributed by atoms with van der Waals surface area (Å²) in [4.78, 5) is 14.9. The first-order valence-electron chi connectivity index (χ1n) is 7.68. The third-order valence-corrected chi connectivity index (χ3v) is 5.96. The van der Waals surface area contributed by atoms with E-state index in [1.54, 1.807) is 7.05 Å². The lowest BCUT2D eigenvalue weighted by Crippen LogP contribution is -2.52. The summed E-state index contributed by atoms with van der Waals surface area (Å²) in [7, 11) is 3.89. The Bertz CT molecular complexity index is 516. The molecule has 1 aromatic rings. The van der Waals surface area contributed by atoms with E-state index in [0.717, 1.165) is 5.00 Å². The molecular weight excluding hydrogens is 284 g/mol. The monoisotopic (exact) mass is 308 g/mol. The number of nitrogen functional groups attached to an aromatic ring is 1. The molecule has 3 rings (SSSR count). The van der Waals surface area contributed by atoms with Crippen LogP contribution in [0.25, 0.3) is 0 Å². The number of nitrogens with one attached hydrogen (secondary N) is 2. The van der Waals surface area contributed by atoms with Crippen LogP contribution in [0.2, 0.25) is 0 Å². The maximum absolute atomic E-state index is 11.7. The van der Waals surface area contributed by atoms with Crippen LogP contribution in [0.3, 0.4) is 0 Å².